The fourth-order valence-corrected chi connectivity index (χ4v) is 4.45. The lowest BCUT2D eigenvalue weighted by molar-refractivity contribution is -0.125. The maximum Gasteiger partial charge on any atom is 0.246 e. The highest BCUT2D eigenvalue weighted by molar-refractivity contribution is 6.32. The van der Waals surface area contributed by atoms with Crippen LogP contribution < -0.4 is 19.5 Å². The van der Waals surface area contributed by atoms with Crippen LogP contribution in [0.2, 0.25) is 5.02 Å². The molecule has 2 aromatic heterocycles. The molecule has 1 saturated heterocycles. The highest BCUT2D eigenvalue weighted by atomic mass is 35.5. The Kier molecular flexibility index (Phi) is 7.55. The van der Waals surface area contributed by atoms with Gasteiger partial charge in [0.2, 0.25) is 5.91 Å². The molecule has 5 rings (SSSR count). The van der Waals surface area contributed by atoms with Crippen LogP contribution in [0.4, 0.5) is 11.5 Å². The number of rotatable bonds is 9. The number of hydrogen-bond acceptors (Lipinski definition) is 8. The number of carbonyl (C=O) groups excluding carboxylic acids is 1. The first-order chi connectivity index (χ1) is 18.5. The summed E-state index contributed by atoms with van der Waals surface area (Å²) in [5.41, 5.74) is 2.22. The Morgan fingerprint density at radius 1 is 1.16 bits per heavy atom. The number of aromatic nitrogens is 3. The van der Waals surface area contributed by atoms with Gasteiger partial charge in [-0.25, -0.2) is 9.97 Å². The number of amides is 1. The standard InChI is InChI=1S/C28H26ClN5O4/c1-3-27(35)34-11-9-20(15-34)38-26-13-21-23(14-25(26)36-2)31-17-32-28(21)33-18-7-8-24(22(29)12-18)37-16-19-6-4-5-10-30-19/h3-8,10,12-14,17,20H,1,9,11,15-16H2,2H3,(H,31,32,33)/t20-/m0/s1. The van der Waals surface area contributed by atoms with Crippen LogP contribution in [0, 0.1) is 0 Å². The smallest absolute Gasteiger partial charge is 0.246 e. The molecule has 2 aromatic carbocycles. The Morgan fingerprint density at radius 2 is 2.05 bits per heavy atom. The zero-order valence-corrected chi connectivity index (χ0v) is 21.5. The molecule has 0 radical (unpaired) electrons. The number of halogens is 1. The van der Waals surface area contributed by atoms with E-state index in [1.54, 1.807) is 36.4 Å². The molecule has 1 atom stereocenters. The molecule has 1 fully saturated rings. The Morgan fingerprint density at radius 3 is 2.82 bits per heavy atom. The second-order valence-electron chi connectivity index (χ2n) is 8.64. The fraction of sp³-hybridized carbons (Fsp3) is 0.214. The van der Waals surface area contributed by atoms with E-state index in [0.29, 0.717) is 59.7 Å². The van der Waals surface area contributed by atoms with Gasteiger partial charge in [-0.05, 0) is 42.5 Å². The normalized spacial score (nSPS) is 14.8. The van der Waals surface area contributed by atoms with E-state index in [9.17, 15) is 4.79 Å². The van der Waals surface area contributed by atoms with Gasteiger partial charge in [0.25, 0.3) is 0 Å². The second kappa shape index (κ2) is 11.4. The second-order valence-corrected chi connectivity index (χ2v) is 9.05. The lowest BCUT2D eigenvalue weighted by Gasteiger charge is -2.18. The number of fused-ring (bicyclic) bond motifs is 1. The van der Waals surface area contributed by atoms with Crippen molar-refractivity contribution in [3.05, 3.63) is 84.4 Å². The maximum absolute atomic E-state index is 12.0. The quantitative estimate of drug-likeness (QED) is 0.295. The average molecular weight is 532 g/mol. The van der Waals surface area contributed by atoms with Crippen molar-refractivity contribution in [3.8, 4) is 17.2 Å². The van der Waals surface area contributed by atoms with Gasteiger partial charge in [0.15, 0.2) is 11.5 Å². The number of nitrogens with zero attached hydrogens (tertiary/aromatic N) is 4. The third-order valence-electron chi connectivity index (χ3n) is 6.14. The summed E-state index contributed by atoms with van der Waals surface area (Å²) in [6, 6.07) is 14.7. The molecule has 0 unspecified atom stereocenters. The number of methoxy groups -OCH3 is 1. The molecule has 1 N–H and O–H groups in total. The van der Waals surface area contributed by atoms with Crippen LogP contribution in [0.1, 0.15) is 12.1 Å². The monoisotopic (exact) mass is 531 g/mol. The van der Waals surface area contributed by atoms with Crippen molar-refractivity contribution in [2.75, 3.05) is 25.5 Å². The first-order valence-electron chi connectivity index (χ1n) is 12.0. The molecule has 4 aromatic rings. The summed E-state index contributed by atoms with van der Waals surface area (Å²) in [7, 11) is 1.58. The minimum absolute atomic E-state index is 0.103. The Balaban J connectivity index is 1.35. The molecule has 0 aliphatic carbocycles. The number of likely N-dealkylation sites (tertiary alicyclic amines) is 1. The number of pyridine rings is 1. The van der Waals surface area contributed by atoms with E-state index in [1.807, 2.05) is 30.3 Å². The summed E-state index contributed by atoms with van der Waals surface area (Å²) in [5.74, 6) is 2.13. The maximum atomic E-state index is 12.0. The highest BCUT2D eigenvalue weighted by Crippen LogP contribution is 2.37. The minimum atomic E-state index is -0.163. The first kappa shape index (κ1) is 25.3. The van der Waals surface area contributed by atoms with Gasteiger partial charge in [-0.3, -0.25) is 9.78 Å². The summed E-state index contributed by atoms with van der Waals surface area (Å²) in [5, 5.41) is 4.51. The van der Waals surface area contributed by atoms with E-state index in [-0.39, 0.29) is 12.0 Å². The van der Waals surface area contributed by atoms with Crippen molar-refractivity contribution >= 4 is 39.9 Å². The molecule has 1 aliphatic heterocycles. The molecule has 0 spiro atoms. The molecule has 38 heavy (non-hydrogen) atoms. The molecular formula is C28H26ClN5O4. The molecule has 3 heterocycles. The van der Waals surface area contributed by atoms with Crippen LogP contribution in [0.3, 0.4) is 0 Å². The number of carbonyl (C=O) groups is 1. The van der Waals surface area contributed by atoms with Crippen LogP contribution in [0.25, 0.3) is 10.9 Å². The van der Waals surface area contributed by atoms with E-state index < -0.39 is 0 Å². The predicted molar refractivity (Wildman–Crippen MR) is 145 cm³/mol. The average Bonchev–Trinajstić information content (AvgIpc) is 3.41. The molecule has 10 heteroatoms. The predicted octanol–water partition coefficient (Wildman–Crippen LogP) is 5.18. The Hall–Kier alpha value is -4.37. The summed E-state index contributed by atoms with van der Waals surface area (Å²) in [6.07, 6.45) is 5.07. The molecule has 1 aliphatic rings. The van der Waals surface area contributed by atoms with Crippen molar-refractivity contribution < 1.29 is 19.0 Å². The third-order valence-corrected chi connectivity index (χ3v) is 6.44. The molecule has 0 saturated carbocycles. The molecular weight excluding hydrogens is 506 g/mol. The first-order valence-corrected chi connectivity index (χ1v) is 12.4. The van der Waals surface area contributed by atoms with Gasteiger partial charge in [0, 0.05) is 36.3 Å². The van der Waals surface area contributed by atoms with Crippen LogP contribution in [-0.4, -0.2) is 52.1 Å². The van der Waals surface area contributed by atoms with Gasteiger partial charge in [-0.1, -0.05) is 24.2 Å². The molecule has 1 amide bonds. The summed E-state index contributed by atoms with van der Waals surface area (Å²) < 4.78 is 17.6. The molecule has 0 bridgehead atoms. The Bertz CT molecular complexity index is 1470. The largest absolute Gasteiger partial charge is 0.493 e. The fourth-order valence-electron chi connectivity index (χ4n) is 4.22. The SMILES string of the molecule is C=CC(=O)N1CC[C@H](Oc2cc3c(Nc4ccc(OCc5ccccn5)c(Cl)c4)ncnc3cc2OC)C1. The van der Waals surface area contributed by atoms with Crippen LogP contribution >= 0.6 is 11.6 Å². The van der Waals surface area contributed by atoms with Gasteiger partial charge in [-0.15, -0.1) is 0 Å². The summed E-state index contributed by atoms with van der Waals surface area (Å²) >= 11 is 6.50. The van der Waals surface area contributed by atoms with E-state index in [2.05, 4.69) is 26.8 Å². The number of anilines is 2. The van der Waals surface area contributed by atoms with Crippen molar-refractivity contribution in [2.45, 2.75) is 19.1 Å². The number of hydrogen-bond donors (Lipinski definition) is 1. The number of nitrogens with one attached hydrogen (secondary N) is 1. The summed E-state index contributed by atoms with van der Waals surface area (Å²) in [6.45, 7) is 4.97. The van der Waals surface area contributed by atoms with Gasteiger partial charge < -0.3 is 24.4 Å². The van der Waals surface area contributed by atoms with Crippen molar-refractivity contribution in [1.29, 1.82) is 0 Å². The number of benzene rings is 2. The van der Waals surface area contributed by atoms with Gasteiger partial charge in [0.05, 0.1) is 29.9 Å². The van der Waals surface area contributed by atoms with Crippen LogP contribution in [0.15, 0.2) is 73.7 Å². The van der Waals surface area contributed by atoms with Crippen molar-refractivity contribution in [1.82, 2.24) is 19.9 Å². The van der Waals surface area contributed by atoms with Crippen molar-refractivity contribution in [2.24, 2.45) is 0 Å². The zero-order chi connectivity index (χ0) is 26.5. The van der Waals surface area contributed by atoms with Crippen LogP contribution in [-0.2, 0) is 11.4 Å². The Labute approximate surface area is 225 Å². The number of ether oxygens (including phenoxy) is 3. The highest BCUT2D eigenvalue weighted by Gasteiger charge is 2.27. The van der Waals surface area contributed by atoms with E-state index in [4.69, 9.17) is 25.8 Å². The van der Waals surface area contributed by atoms with Crippen LogP contribution in [0.5, 0.6) is 17.2 Å². The van der Waals surface area contributed by atoms with Gasteiger partial charge in [-0.2, -0.15) is 0 Å². The van der Waals surface area contributed by atoms with Gasteiger partial charge in [0.1, 0.15) is 30.6 Å². The molecule has 194 valence electrons. The zero-order valence-electron chi connectivity index (χ0n) is 20.8. The lowest BCUT2D eigenvalue weighted by Crippen LogP contribution is -2.29. The topological polar surface area (TPSA) is 98.7 Å². The lowest BCUT2D eigenvalue weighted by atomic mass is 10.2. The van der Waals surface area contributed by atoms with Gasteiger partial charge >= 0.3 is 0 Å². The molecule has 9 nitrogen and oxygen atoms in total. The third kappa shape index (κ3) is 5.63. The van der Waals surface area contributed by atoms with E-state index >= 15 is 0 Å². The van der Waals surface area contributed by atoms with Crippen molar-refractivity contribution in [3.63, 3.8) is 0 Å². The minimum Gasteiger partial charge on any atom is -0.493 e. The van der Waals surface area contributed by atoms with E-state index in [1.165, 1.54) is 12.4 Å². The van der Waals surface area contributed by atoms with E-state index in [0.717, 1.165) is 16.8 Å². The summed E-state index contributed by atoms with van der Waals surface area (Å²) in [4.78, 5) is 26.8.